The van der Waals surface area contributed by atoms with Crippen LogP contribution in [-0.2, 0) is 32.7 Å². The Hall–Kier alpha value is -3.55. The maximum atomic E-state index is 14.2. The molecule has 196 valence electrons. The second-order valence-corrected chi connectivity index (χ2v) is 11.0. The lowest BCUT2D eigenvalue weighted by atomic mass is 10.1. The molecule has 0 saturated carbocycles. The van der Waals surface area contributed by atoms with E-state index < -0.39 is 46.1 Å². The van der Waals surface area contributed by atoms with Crippen LogP contribution in [0, 0.1) is 5.82 Å². The zero-order valence-corrected chi connectivity index (χ0v) is 21.3. The molecule has 4 rings (SSSR count). The van der Waals surface area contributed by atoms with E-state index in [1.54, 1.807) is 30.3 Å². The Morgan fingerprint density at radius 2 is 1.89 bits per heavy atom. The van der Waals surface area contributed by atoms with Gasteiger partial charge in [-0.25, -0.2) is 12.8 Å². The predicted molar refractivity (Wildman–Crippen MR) is 133 cm³/mol. The number of halogens is 2. The lowest BCUT2D eigenvalue weighted by Gasteiger charge is -2.43. The van der Waals surface area contributed by atoms with Gasteiger partial charge in [0.1, 0.15) is 12.4 Å². The van der Waals surface area contributed by atoms with Gasteiger partial charge in [0.25, 0.3) is 5.91 Å². The molecule has 2 aromatic carbocycles. The molecule has 2 heterocycles. The van der Waals surface area contributed by atoms with Gasteiger partial charge in [-0.3, -0.25) is 19.1 Å². The van der Waals surface area contributed by atoms with Crippen LogP contribution in [0.15, 0.2) is 42.5 Å². The van der Waals surface area contributed by atoms with E-state index in [-0.39, 0.29) is 42.5 Å². The van der Waals surface area contributed by atoms with Crippen molar-refractivity contribution in [2.24, 2.45) is 5.73 Å². The maximum Gasteiger partial charge on any atom is 0.269 e. The van der Waals surface area contributed by atoms with Crippen molar-refractivity contribution in [3.05, 3.63) is 64.6 Å². The molecule has 3 aromatic rings. The van der Waals surface area contributed by atoms with Crippen molar-refractivity contribution < 1.29 is 27.2 Å². The molecule has 0 aliphatic carbocycles. The molecule has 0 bridgehead atoms. The quantitative estimate of drug-likeness (QED) is 0.401. The molecule has 1 saturated heterocycles. The van der Waals surface area contributed by atoms with E-state index in [0.29, 0.717) is 10.9 Å². The van der Waals surface area contributed by atoms with Crippen LogP contribution in [0.3, 0.4) is 0 Å². The topological polar surface area (TPSA) is 148 Å². The number of carbonyl (C=O) groups excluding carboxylic acids is 3. The number of benzene rings is 2. The number of hydrogen-bond acceptors (Lipinski definition) is 6. The highest BCUT2D eigenvalue weighted by molar-refractivity contribution is 7.88. The number of hydrogen-bond donors (Lipinski definition) is 2. The fourth-order valence-corrected chi connectivity index (χ4v) is 5.12. The van der Waals surface area contributed by atoms with E-state index >= 15 is 0 Å². The smallest absolute Gasteiger partial charge is 0.269 e. The van der Waals surface area contributed by atoms with Crippen molar-refractivity contribution in [3.8, 4) is 0 Å². The molecule has 3 amide bonds. The van der Waals surface area contributed by atoms with E-state index in [1.165, 1.54) is 26.0 Å². The van der Waals surface area contributed by atoms with Crippen LogP contribution in [-0.4, -0.2) is 77.1 Å². The molecular weight excluding hydrogens is 527 g/mol. The molecule has 11 nitrogen and oxygen atoms in total. The second kappa shape index (κ2) is 10.4. The van der Waals surface area contributed by atoms with E-state index in [2.05, 4.69) is 10.4 Å². The van der Waals surface area contributed by atoms with Crippen LogP contribution in [0.5, 0.6) is 0 Å². The third-order valence-corrected chi connectivity index (χ3v) is 7.58. The molecule has 3 N–H and O–H groups in total. The summed E-state index contributed by atoms with van der Waals surface area (Å²) in [5.74, 6) is -2.51. The van der Waals surface area contributed by atoms with Crippen LogP contribution in [0.4, 0.5) is 4.39 Å². The van der Waals surface area contributed by atoms with Gasteiger partial charge in [-0.2, -0.15) is 9.40 Å². The van der Waals surface area contributed by atoms with Gasteiger partial charge < -0.3 is 16.0 Å². The molecule has 1 aromatic heterocycles. The average Bonchev–Trinajstić information content (AvgIpc) is 3.16. The molecule has 0 radical (unpaired) electrons. The summed E-state index contributed by atoms with van der Waals surface area (Å²) in [6.45, 7) is -0.829. The van der Waals surface area contributed by atoms with Gasteiger partial charge in [-0.15, -0.1) is 0 Å². The van der Waals surface area contributed by atoms with Crippen molar-refractivity contribution in [3.63, 3.8) is 0 Å². The Labute approximate surface area is 217 Å². The van der Waals surface area contributed by atoms with E-state index in [0.717, 1.165) is 6.26 Å². The third-order valence-electron chi connectivity index (χ3n) is 6.06. The molecule has 14 heteroatoms. The number of amides is 3. The summed E-state index contributed by atoms with van der Waals surface area (Å²) in [5, 5.41) is 7.13. The predicted octanol–water partition coefficient (Wildman–Crippen LogP) is 0.717. The summed E-state index contributed by atoms with van der Waals surface area (Å²) >= 11 is 5.78. The largest absolute Gasteiger partial charge is 0.364 e. The van der Waals surface area contributed by atoms with E-state index in [9.17, 15) is 27.2 Å². The molecule has 0 atom stereocenters. The summed E-state index contributed by atoms with van der Waals surface area (Å²) in [6.07, 6.45) is 1.06. The summed E-state index contributed by atoms with van der Waals surface area (Å²) in [6, 6.07) is 10.6. The number of rotatable bonds is 9. The van der Waals surface area contributed by atoms with E-state index in [4.69, 9.17) is 17.3 Å². The number of nitrogens with one attached hydrogen (secondary N) is 1. The number of aromatic nitrogens is 2. The molecule has 1 fully saturated rings. The third kappa shape index (κ3) is 5.73. The molecular formula is C23H24ClFN6O5S. The van der Waals surface area contributed by atoms with Gasteiger partial charge >= 0.3 is 0 Å². The Balaban J connectivity index is 1.52. The van der Waals surface area contributed by atoms with Crippen molar-refractivity contribution in [1.82, 2.24) is 24.3 Å². The lowest BCUT2D eigenvalue weighted by molar-refractivity contribution is -0.141. The summed E-state index contributed by atoms with van der Waals surface area (Å²) in [7, 11) is -3.46. The number of primary amides is 1. The summed E-state index contributed by atoms with van der Waals surface area (Å²) < 4.78 is 40.3. The standard InChI is InChI=1S/C23H24ClFN6O5S/c1-37(35,36)29-10-15(11-29)30(12-19(32)27-9-14-5-4-7-17(24)21(14)25)20(33)13-31-18-8-3-2-6-16(18)22(28-31)23(26)34/h2-8,15H,9-13H2,1H3,(H2,26,34)(H,27,32). The molecule has 0 unspecified atom stereocenters. The minimum atomic E-state index is -3.46. The van der Waals surface area contributed by atoms with Crippen molar-refractivity contribution in [2.75, 3.05) is 25.9 Å². The van der Waals surface area contributed by atoms with Crippen molar-refractivity contribution >= 4 is 50.2 Å². The number of carbonyl (C=O) groups is 3. The maximum absolute atomic E-state index is 14.2. The Bertz CT molecular complexity index is 1490. The first-order valence-corrected chi connectivity index (χ1v) is 13.4. The lowest BCUT2D eigenvalue weighted by Crippen LogP contribution is -2.63. The molecule has 1 aliphatic heterocycles. The summed E-state index contributed by atoms with van der Waals surface area (Å²) in [4.78, 5) is 39.2. The van der Waals surface area contributed by atoms with Gasteiger partial charge in [0.05, 0.1) is 29.4 Å². The van der Waals surface area contributed by atoms with E-state index in [1.807, 2.05) is 0 Å². The molecule has 0 spiro atoms. The monoisotopic (exact) mass is 550 g/mol. The van der Waals surface area contributed by atoms with Crippen molar-refractivity contribution in [1.29, 1.82) is 0 Å². The minimum Gasteiger partial charge on any atom is -0.364 e. The number of nitrogens with two attached hydrogens (primary N) is 1. The number of sulfonamides is 1. The zero-order valence-electron chi connectivity index (χ0n) is 19.7. The van der Waals surface area contributed by atoms with Crippen LogP contribution < -0.4 is 11.1 Å². The Kier molecular flexibility index (Phi) is 7.48. The van der Waals surface area contributed by atoms with Crippen LogP contribution in [0.25, 0.3) is 10.9 Å². The fourth-order valence-electron chi connectivity index (χ4n) is 4.04. The first kappa shape index (κ1) is 26.5. The summed E-state index contributed by atoms with van der Waals surface area (Å²) in [5.41, 5.74) is 6.10. The van der Waals surface area contributed by atoms with Gasteiger partial charge in [0, 0.05) is 30.6 Å². The first-order chi connectivity index (χ1) is 17.5. The highest BCUT2D eigenvalue weighted by atomic mass is 35.5. The van der Waals surface area contributed by atoms with Crippen molar-refractivity contribution in [2.45, 2.75) is 19.1 Å². The SMILES string of the molecule is CS(=O)(=O)N1CC(N(CC(=O)NCc2cccc(Cl)c2F)C(=O)Cn2nc(C(N)=O)c3ccccc32)C1. The average molecular weight is 551 g/mol. The highest BCUT2D eigenvalue weighted by Gasteiger charge is 2.39. The second-order valence-electron chi connectivity index (χ2n) is 8.63. The van der Waals surface area contributed by atoms with Gasteiger partial charge in [0.15, 0.2) is 5.69 Å². The zero-order chi connectivity index (χ0) is 26.9. The van der Waals surface area contributed by atoms with Gasteiger partial charge in [0.2, 0.25) is 21.8 Å². The number of fused-ring (bicyclic) bond motifs is 1. The van der Waals surface area contributed by atoms with Gasteiger partial charge in [-0.1, -0.05) is 41.9 Å². The first-order valence-electron chi connectivity index (χ1n) is 11.1. The fraction of sp³-hybridized carbons (Fsp3) is 0.304. The van der Waals surface area contributed by atoms with Gasteiger partial charge in [-0.05, 0) is 12.1 Å². The molecule has 37 heavy (non-hydrogen) atoms. The molecule has 1 aliphatic rings. The van der Waals surface area contributed by atoms with Crippen LogP contribution in [0.2, 0.25) is 5.02 Å². The Morgan fingerprint density at radius 1 is 1.19 bits per heavy atom. The minimum absolute atomic E-state index is 0.00290. The highest BCUT2D eigenvalue weighted by Crippen LogP contribution is 2.22. The van der Waals surface area contributed by atoms with Crippen LogP contribution >= 0.6 is 11.6 Å². The normalized spacial score (nSPS) is 14.4. The number of nitrogens with zero attached hydrogens (tertiary/aromatic N) is 4. The van der Waals surface area contributed by atoms with Crippen LogP contribution in [0.1, 0.15) is 16.1 Å². The Morgan fingerprint density at radius 3 is 2.57 bits per heavy atom. The number of para-hydroxylation sites is 1.